The van der Waals surface area contributed by atoms with Gasteiger partial charge in [0.2, 0.25) is 0 Å². The first-order valence-electron chi connectivity index (χ1n) is 10.5. The molecule has 8 nitrogen and oxygen atoms in total. The number of carbonyl (C=O) groups excluding carboxylic acids is 2. The van der Waals surface area contributed by atoms with Crippen LogP contribution in [0.5, 0.6) is 0 Å². The summed E-state index contributed by atoms with van der Waals surface area (Å²) in [6.45, 7) is 0.108. The molecule has 0 saturated carbocycles. The molecule has 4 aromatic rings. The maximum Gasteiger partial charge on any atom is 0.265 e. The molecule has 0 unspecified atom stereocenters. The van der Waals surface area contributed by atoms with Crippen molar-refractivity contribution in [3.05, 3.63) is 95.3 Å². The number of aliphatic hydroxyl groups is 1. The highest BCUT2D eigenvalue weighted by atomic mass is 16.3. The summed E-state index contributed by atoms with van der Waals surface area (Å²) in [5.74, 6) is 10.9. The number of pyridine rings is 2. The number of benzene rings is 2. The number of aromatic nitrogens is 2. The van der Waals surface area contributed by atoms with Crippen LogP contribution in [0.3, 0.4) is 0 Å². The minimum absolute atomic E-state index is 0.104. The van der Waals surface area contributed by atoms with E-state index < -0.39 is 5.91 Å². The molecule has 0 aliphatic carbocycles. The lowest BCUT2D eigenvalue weighted by Crippen LogP contribution is -2.30. The summed E-state index contributed by atoms with van der Waals surface area (Å²) in [5.41, 5.74) is 6.74. The number of nitrogens with zero attached hydrogens (tertiary/aromatic N) is 2. The average molecular weight is 451 g/mol. The first-order valence-corrected chi connectivity index (χ1v) is 10.5. The predicted octanol–water partition coefficient (Wildman–Crippen LogP) is 2.02. The van der Waals surface area contributed by atoms with Crippen LogP contribution < -0.4 is 16.6 Å². The quantitative estimate of drug-likeness (QED) is 0.159. The molecule has 0 fully saturated rings. The summed E-state index contributed by atoms with van der Waals surface area (Å²) >= 11 is 0. The SMILES string of the molecule is NNC(=O)c1cc(-c2ccc(C#Cc3ccc(C(=O)NCCO)cc3)cc2)nc2ccncc12. The molecule has 0 aliphatic heterocycles. The molecule has 2 heterocycles. The summed E-state index contributed by atoms with van der Waals surface area (Å²) in [5, 5.41) is 12.0. The van der Waals surface area contributed by atoms with Crippen molar-refractivity contribution in [2.75, 3.05) is 13.2 Å². The van der Waals surface area contributed by atoms with E-state index in [0.717, 1.165) is 16.7 Å². The minimum Gasteiger partial charge on any atom is -0.395 e. The zero-order valence-electron chi connectivity index (χ0n) is 18.1. The Bertz CT molecular complexity index is 1400. The highest BCUT2D eigenvalue weighted by Gasteiger charge is 2.13. The predicted molar refractivity (Wildman–Crippen MR) is 128 cm³/mol. The van der Waals surface area contributed by atoms with Gasteiger partial charge in [-0.05, 0) is 48.5 Å². The number of aliphatic hydroxyl groups excluding tert-OH is 1. The van der Waals surface area contributed by atoms with Gasteiger partial charge in [0.25, 0.3) is 11.8 Å². The zero-order valence-corrected chi connectivity index (χ0v) is 18.1. The molecule has 168 valence electrons. The fourth-order valence-corrected chi connectivity index (χ4v) is 3.33. The van der Waals surface area contributed by atoms with Crippen LogP contribution in [-0.2, 0) is 0 Å². The number of hydrazine groups is 1. The van der Waals surface area contributed by atoms with E-state index in [9.17, 15) is 9.59 Å². The summed E-state index contributed by atoms with van der Waals surface area (Å²) in [7, 11) is 0. The zero-order chi connectivity index (χ0) is 23.9. The van der Waals surface area contributed by atoms with Crippen molar-refractivity contribution >= 4 is 22.7 Å². The number of nitrogens with two attached hydrogens (primary N) is 1. The van der Waals surface area contributed by atoms with Crippen LogP contribution in [0, 0.1) is 11.8 Å². The third-order valence-corrected chi connectivity index (χ3v) is 5.06. The van der Waals surface area contributed by atoms with E-state index >= 15 is 0 Å². The number of hydrogen-bond acceptors (Lipinski definition) is 6. The van der Waals surface area contributed by atoms with Gasteiger partial charge in [-0.1, -0.05) is 24.0 Å². The van der Waals surface area contributed by atoms with Gasteiger partial charge in [-0.3, -0.25) is 20.0 Å². The molecule has 0 radical (unpaired) electrons. The van der Waals surface area contributed by atoms with E-state index in [4.69, 9.17) is 10.9 Å². The molecule has 0 atom stereocenters. The van der Waals surface area contributed by atoms with E-state index in [-0.39, 0.29) is 19.1 Å². The lowest BCUT2D eigenvalue weighted by atomic mass is 10.0. The summed E-state index contributed by atoms with van der Waals surface area (Å²) < 4.78 is 0. The molecule has 5 N–H and O–H groups in total. The van der Waals surface area contributed by atoms with E-state index in [1.165, 1.54) is 0 Å². The minimum atomic E-state index is -0.416. The van der Waals surface area contributed by atoms with E-state index in [1.54, 1.807) is 48.8 Å². The number of carbonyl (C=O) groups is 2. The number of hydrogen-bond donors (Lipinski definition) is 4. The van der Waals surface area contributed by atoms with Crippen LogP contribution in [0.1, 0.15) is 31.8 Å². The second-order valence-corrected chi connectivity index (χ2v) is 7.31. The number of rotatable bonds is 5. The lowest BCUT2D eigenvalue weighted by molar-refractivity contribution is 0.0940. The molecule has 2 aromatic carbocycles. The van der Waals surface area contributed by atoms with Gasteiger partial charge in [-0.15, -0.1) is 0 Å². The van der Waals surface area contributed by atoms with E-state index in [2.05, 4.69) is 32.6 Å². The van der Waals surface area contributed by atoms with Crippen molar-refractivity contribution < 1.29 is 14.7 Å². The molecule has 34 heavy (non-hydrogen) atoms. The van der Waals surface area contributed by atoms with Gasteiger partial charge < -0.3 is 10.4 Å². The molecular formula is C26H21N5O3. The normalized spacial score (nSPS) is 10.3. The lowest BCUT2D eigenvalue weighted by Gasteiger charge is -2.08. The van der Waals surface area contributed by atoms with Gasteiger partial charge in [0.15, 0.2) is 0 Å². The Kier molecular flexibility index (Phi) is 6.89. The first kappa shape index (κ1) is 22.6. The van der Waals surface area contributed by atoms with Gasteiger partial charge in [-0.2, -0.15) is 0 Å². The summed E-state index contributed by atoms with van der Waals surface area (Å²) in [6, 6.07) is 17.9. The Labute approximate surface area is 195 Å². The second kappa shape index (κ2) is 10.4. The molecular weight excluding hydrogens is 430 g/mol. The second-order valence-electron chi connectivity index (χ2n) is 7.31. The molecule has 4 rings (SSSR count). The molecule has 0 bridgehead atoms. The maximum absolute atomic E-state index is 12.2. The fourth-order valence-electron chi connectivity index (χ4n) is 3.33. The van der Waals surface area contributed by atoms with Crippen LogP contribution in [0.15, 0.2) is 73.1 Å². The van der Waals surface area contributed by atoms with Gasteiger partial charge in [-0.25, -0.2) is 10.8 Å². The Hall–Kier alpha value is -4.58. The van der Waals surface area contributed by atoms with Crippen LogP contribution in [0.2, 0.25) is 0 Å². The highest BCUT2D eigenvalue weighted by Crippen LogP contribution is 2.24. The highest BCUT2D eigenvalue weighted by molar-refractivity contribution is 6.06. The Morgan fingerprint density at radius 3 is 2.26 bits per heavy atom. The third-order valence-electron chi connectivity index (χ3n) is 5.06. The Morgan fingerprint density at radius 1 is 0.941 bits per heavy atom. The summed E-state index contributed by atoms with van der Waals surface area (Å²) in [6.07, 6.45) is 3.21. The number of nitrogens with one attached hydrogen (secondary N) is 2. The molecule has 0 aliphatic rings. The number of nitrogen functional groups attached to an aromatic ring is 1. The smallest absolute Gasteiger partial charge is 0.265 e. The molecule has 0 spiro atoms. The number of fused-ring (bicyclic) bond motifs is 1. The van der Waals surface area contributed by atoms with Gasteiger partial charge in [0.1, 0.15) is 0 Å². The van der Waals surface area contributed by atoms with Crippen molar-refractivity contribution in [3.8, 4) is 23.1 Å². The summed E-state index contributed by atoms with van der Waals surface area (Å²) in [4.78, 5) is 32.9. The molecule has 0 saturated heterocycles. The van der Waals surface area contributed by atoms with Crippen molar-refractivity contribution in [3.63, 3.8) is 0 Å². The fraction of sp³-hybridized carbons (Fsp3) is 0.0769. The van der Waals surface area contributed by atoms with Gasteiger partial charge in [0.05, 0.1) is 23.4 Å². The first-order chi connectivity index (χ1) is 16.6. The third kappa shape index (κ3) is 5.07. The standard InChI is InChI=1S/C26H21N5O3/c27-31-26(34)21-15-24(30-23-11-12-28-16-22(21)23)19-7-3-17(4-8-19)1-2-18-5-9-20(10-6-18)25(33)29-13-14-32/h3-12,15-16,32H,13-14,27H2,(H,29,33)(H,31,34). The van der Waals surface area contributed by atoms with Gasteiger partial charge >= 0.3 is 0 Å². The molecule has 2 aromatic heterocycles. The van der Waals surface area contributed by atoms with Crippen molar-refractivity contribution in [2.24, 2.45) is 5.84 Å². The Balaban J connectivity index is 1.55. The molecule has 2 amide bonds. The van der Waals surface area contributed by atoms with Crippen LogP contribution in [-0.4, -0.2) is 40.0 Å². The number of amides is 2. The monoisotopic (exact) mass is 451 g/mol. The molecule has 8 heteroatoms. The van der Waals surface area contributed by atoms with Gasteiger partial charge in [0, 0.05) is 46.6 Å². The van der Waals surface area contributed by atoms with Crippen molar-refractivity contribution in [1.82, 2.24) is 20.7 Å². The van der Waals surface area contributed by atoms with Crippen LogP contribution >= 0.6 is 0 Å². The van der Waals surface area contributed by atoms with Crippen molar-refractivity contribution in [2.45, 2.75) is 0 Å². The largest absolute Gasteiger partial charge is 0.395 e. The average Bonchev–Trinajstić information content (AvgIpc) is 2.90. The topological polar surface area (TPSA) is 130 Å². The maximum atomic E-state index is 12.2. The van der Waals surface area contributed by atoms with Crippen LogP contribution in [0.25, 0.3) is 22.2 Å². The Morgan fingerprint density at radius 2 is 1.62 bits per heavy atom. The van der Waals surface area contributed by atoms with Crippen molar-refractivity contribution in [1.29, 1.82) is 0 Å². The van der Waals surface area contributed by atoms with Crippen LogP contribution in [0.4, 0.5) is 0 Å². The van der Waals surface area contributed by atoms with E-state index in [0.29, 0.717) is 27.7 Å². The van der Waals surface area contributed by atoms with E-state index in [1.807, 2.05) is 24.3 Å².